The Hall–Kier alpha value is -3.00. The Kier molecular flexibility index (Phi) is 6.95. The first-order chi connectivity index (χ1) is 19.9. The summed E-state index contributed by atoms with van der Waals surface area (Å²) in [5, 5.41) is 16.2. The lowest BCUT2D eigenvalue weighted by Gasteiger charge is -2.68. The molecular formula is C34H43N3O4S. The van der Waals surface area contributed by atoms with E-state index in [0.29, 0.717) is 11.6 Å². The van der Waals surface area contributed by atoms with Crippen LogP contribution in [0.1, 0.15) is 66.2 Å². The molecule has 7 rings (SSSR count). The van der Waals surface area contributed by atoms with Gasteiger partial charge in [0, 0.05) is 12.0 Å². The summed E-state index contributed by atoms with van der Waals surface area (Å²) in [7, 11) is 0. The van der Waals surface area contributed by atoms with Gasteiger partial charge in [-0.05, 0) is 85.5 Å². The number of fused-ring (bicyclic) bond motifs is 1. The number of hydrogen-bond acceptors (Lipinski definition) is 5. The van der Waals surface area contributed by atoms with E-state index in [0.717, 1.165) is 38.5 Å². The highest BCUT2D eigenvalue weighted by Gasteiger charge is 2.73. The molecule has 0 radical (unpaired) electrons. The second kappa shape index (κ2) is 10.0. The van der Waals surface area contributed by atoms with E-state index in [1.165, 1.54) is 10.5 Å². The summed E-state index contributed by atoms with van der Waals surface area (Å²) in [4.78, 5) is 43.2. The number of benzene rings is 1. The van der Waals surface area contributed by atoms with Gasteiger partial charge in [0.1, 0.15) is 5.75 Å². The second-order valence-corrected chi connectivity index (χ2v) is 14.6. The molecule has 1 aromatic carbocycles. The Morgan fingerprint density at radius 3 is 2.60 bits per heavy atom. The average Bonchev–Trinajstić information content (AvgIpc) is 3.21. The third-order valence-electron chi connectivity index (χ3n) is 12.0. The lowest BCUT2D eigenvalue weighted by Crippen LogP contribution is -2.65. The van der Waals surface area contributed by atoms with Crippen molar-refractivity contribution in [2.75, 3.05) is 11.9 Å². The van der Waals surface area contributed by atoms with E-state index in [9.17, 15) is 19.5 Å². The van der Waals surface area contributed by atoms with Crippen molar-refractivity contribution in [1.82, 2.24) is 10.2 Å². The number of amides is 3. The summed E-state index contributed by atoms with van der Waals surface area (Å²) in [5.41, 5.74) is 0.621. The van der Waals surface area contributed by atoms with Crippen molar-refractivity contribution in [3.8, 4) is 5.75 Å². The van der Waals surface area contributed by atoms with Gasteiger partial charge in [-0.1, -0.05) is 64.0 Å². The zero-order valence-corrected chi connectivity index (χ0v) is 25.9. The molecule has 7 nitrogen and oxygen atoms in total. The molecule has 4 fully saturated rings. The van der Waals surface area contributed by atoms with E-state index in [2.05, 4.69) is 51.0 Å². The SMILES string of the molecule is C=CCN1C(=O)[C@H]2[C@@H](C1=O)[C@@]13C=C(C(C)C)[C@@H]2C[C@@H]1[C@@]1(C)CCC[C@@](C)(C(=O)NC(=S)Nc2ccccc2O)[C@@H]1CC3. The Morgan fingerprint density at radius 2 is 1.90 bits per heavy atom. The normalized spacial score (nSPS) is 38.4. The summed E-state index contributed by atoms with van der Waals surface area (Å²) < 4.78 is 0. The molecule has 42 heavy (non-hydrogen) atoms. The molecule has 3 amide bonds. The predicted octanol–water partition coefficient (Wildman–Crippen LogP) is 5.82. The lowest BCUT2D eigenvalue weighted by molar-refractivity contribution is -0.186. The fourth-order valence-electron chi connectivity index (χ4n) is 10.3. The summed E-state index contributed by atoms with van der Waals surface area (Å²) in [6.45, 7) is 12.9. The largest absolute Gasteiger partial charge is 0.506 e. The summed E-state index contributed by atoms with van der Waals surface area (Å²) in [5.74, 6) is 0.0137. The number of hydrogen-bond donors (Lipinski definition) is 3. The zero-order valence-electron chi connectivity index (χ0n) is 25.1. The molecule has 0 unspecified atom stereocenters. The van der Waals surface area contributed by atoms with Crippen molar-refractivity contribution in [2.45, 2.75) is 66.2 Å². The number of carbonyl (C=O) groups is 3. The topological polar surface area (TPSA) is 98.7 Å². The molecular weight excluding hydrogens is 546 g/mol. The van der Waals surface area contributed by atoms with Crippen molar-refractivity contribution in [1.29, 1.82) is 0 Å². The first-order valence-corrected chi connectivity index (χ1v) is 15.9. The van der Waals surface area contributed by atoms with Crippen LogP contribution < -0.4 is 10.6 Å². The van der Waals surface area contributed by atoms with E-state index in [1.54, 1.807) is 30.3 Å². The van der Waals surface area contributed by atoms with Crippen LogP contribution in [0, 0.1) is 51.8 Å². The van der Waals surface area contributed by atoms with Crippen LogP contribution in [0.4, 0.5) is 5.69 Å². The van der Waals surface area contributed by atoms with E-state index in [-0.39, 0.29) is 75.5 Å². The summed E-state index contributed by atoms with van der Waals surface area (Å²) >= 11 is 5.50. The Balaban J connectivity index is 1.32. The third-order valence-corrected chi connectivity index (χ3v) is 12.2. The van der Waals surface area contributed by atoms with Crippen LogP contribution in [0.25, 0.3) is 0 Å². The molecule has 1 aromatic rings. The lowest BCUT2D eigenvalue weighted by atomic mass is 9.34. The molecule has 1 aliphatic heterocycles. The molecule has 8 atom stereocenters. The molecule has 1 heterocycles. The van der Waals surface area contributed by atoms with Crippen LogP contribution in [0.15, 0.2) is 48.6 Å². The van der Waals surface area contributed by atoms with Gasteiger partial charge in [0.05, 0.1) is 22.9 Å². The smallest absolute Gasteiger partial charge is 0.234 e. The number of para-hydroxylation sites is 2. The molecule has 224 valence electrons. The fraction of sp³-hybridized carbons (Fsp3) is 0.588. The minimum Gasteiger partial charge on any atom is -0.506 e. The number of anilines is 1. The fourth-order valence-corrected chi connectivity index (χ4v) is 10.5. The van der Waals surface area contributed by atoms with Crippen LogP contribution in [0.5, 0.6) is 5.75 Å². The van der Waals surface area contributed by atoms with E-state index < -0.39 is 5.41 Å². The van der Waals surface area contributed by atoms with Gasteiger partial charge in [-0.2, -0.15) is 0 Å². The first kappa shape index (κ1) is 29.1. The number of aromatic hydroxyl groups is 1. The Bertz CT molecular complexity index is 1400. The highest BCUT2D eigenvalue weighted by Crippen LogP contribution is 2.74. The monoisotopic (exact) mass is 589 g/mol. The van der Waals surface area contributed by atoms with Gasteiger partial charge < -0.3 is 15.7 Å². The minimum absolute atomic E-state index is 0.0235. The molecule has 3 N–H and O–H groups in total. The number of phenols is 1. The van der Waals surface area contributed by atoms with Crippen molar-refractivity contribution < 1.29 is 19.5 Å². The van der Waals surface area contributed by atoms with Crippen LogP contribution in [0.2, 0.25) is 0 Å². The van der Waals surface area contributed by atoms with Crippen molar-refractivity contribution in [2.24, 2.45) is 51.8 Å². The molecule has 8 heteroatoms. The number of rotatable bonds is 5. The summed E-state index contributed by atoms with van der Waals surface area (Å²) in [6, 6.07) is 6.80. The van der Waals surface area contributed by atoms with Crippen LogP contribution >= 0.6 is 12.2 Å². The first-order valence-electron chi connectivity index (χ1n) is 15.5. The molecule has 0 aromatic heterocycles. The minimum atomic E-state index is -0.635. The number of carbonyl (C=O) groups excluding carboxylic acids is 3. The van der Waals surface area contributed by atoms with Gasteiger partial charge >= 0.3 is 0 Å². The highest BCUT2D eigenvalue weighted by atomic mass is 32.1. The van der Waals surface area contributed by atoms with Gasteiger partial charge in [0.25, 0.3) is 0 Å². The number of thiocarbonyl (C=S) groups is 1. The summed E-state index contributed by atoms with van der Waals surface area (Å²) in [6.07, 6.45) is 9.29. The van der Waals surface area contributed by atoms with Crippen molar-refractivity contribution >= 4 is 40.7 Å². The molecule has 3 saturated carbocycles. The number of nitrogens with one attached hydrogen (secondary N) is 2. The van der Waals surface area contributed by atoms with Gasteiger partial charge in [0.2, 0.25) is 17.7 Å². The molecule has 6 aliphatic rings. The molecule has 5 aliphatic carbocycles. The highest BCUT2D eigenvalue weighted by molar-refractivity contribution is 7.80. The van der Waals surface area contributed by atoms with Crippen LogP contribution in [0.3, 0.4) is 0 Å². The molecule has 2 bridgehead atoms. The van der Waals surface area contributed by atoms with Gasteiger partial charge in [-0.3, -0.25) is 19.3 Å². The van der Waals surface area contributed by atoms with Gasteiger partial charge in [-0.15, -0.1) is 6.58 Å². The number of likely N-dealkylation sites (tertiary alicyclic amines) is 1. The maximum atomic E-state index is 14.0. The van der Waals surface area contributed by atoms with E-state index in [1.807, 2.05) is 0 Å². The predicted molar refractivity (Wildman–Crippen MR) is 166 cm³/mol. The quantitative estimate of drug-likeness (QED) is 0.173. The van der Waals surface area contributed by atoms with Gasteiger partial charge in [-0.25, -0.2) is 0 Å². The average molecular weight is 590 g/mol. The third kappa shape index (κ3) is 3.96. The van der Waals surface area contributed by atoms with Crippen LogP contribution in [-0.4, -0.2) is 39.4 Å². The van der Waals surface area contributed by atoms with Crippen molar-refractivity contribution in [3.05, 3.63) is 48.6 Å². The Labute approximate surface area is 254 Å². The van der Waals surface area contributed by atoms with Crippen LogP contribution in [-0.2, 0) is 14.4 Å². The number of nitrogens with zero attached hydrogens (tertiary/aromatic N) is 1. The van der Waals surface area contributed by atoms with E-state index in [4.69, 9.17) is 12.2 Å². The standard InChI is InChI=1S/C34H43N3O4S/c1-6-16-37-28(39)26-20-17-25-32(4)13-9-14-33(5,30(41)36-31(42)35-22-10-7-8-11-23(22)38)24(32)12-15-34(25,27(26)29(37)40)18-21(20)19(2)3/h6-8,10-11,18-20,24-27,38H,1,9,12-17H2,2-5H3,(H2,35,36,41,42)/t20-,24+,25+,26+,27-,32-,33+,34-/m0/s1. The molecule has 1 spiro atoms. The Morgan fingerprint density at radius 1 is 1.17 bits per heavy atom. The van der Waals surface area contributed by atoms with E-state index >= 15 is 0 Å². The maximum absolute atomic E-state index is 14.0. The molecule has 1 saturated heterocycles. The zero-order chi connectivity index (χ0) is 30.2. The maximum Gasteiger partial charge on any atom is 0.234 e. The number of phenolic OH excluding ortho intramolecular Hbond substituents is 1. The number of imide groups is 1. The van der Waals surface area contributed by atoms with Gasteiger partial charge in [0.15, 0.2) is 5.11 Å². The second-order valence-electron chi connectivity index (χ2n) is 14.2. The number of allylic oxidation sites excluding steroid dienone is 2. The van der Waals surface area contributed by atoms with Crippen molar-refractivity contribution in [3.63, 3.8) is 0 Å².